The first-order valence-electron chi connectivity index (χ1n) is 7.76. The lowest BCUT2D eigenvalue weighted by atomic mass is 9.96. The van der Waals surface area contributed by atoms with E-state index in [2.05, 4.69) is 36.4 Å². The fourth-order valence-corrected chi connectivity index (χ4v) is 2.44. The first-order valence-corrected chi connectivity index (χ1v) is 7.76. The summed E-state index contributed by atoms with van der Waals surface area (Å²) in [6, 6.07) is 0.672. The Bertz CT molecular complexity index is 376. The average molecular weight is 278 g/mol. The summed E-state index contributed by atoms with van der Waals surface area (Å²) in [6.45, 7) is 8.31. The fourth-order valence-electron chi connectivity index (χ4n) is 2.44. The molecule has 20 heavy (non-hydrogen) atoms. The summed E-state index contributed by atoms with van der Waals surface area (Å²) >= 11 is 0. The summed E-state index contributed by atoms with van der Waals surface area (Å²) in [5.74, 6) is 0.773. The molecule has 1 unspecified atom stereocenters. The number of aliphatic imine (C=N–C) groups is 2. The minimum Gasteiger partial charge on any atom is -0.392 e. The number of nitrogens with zero attached hydrogens (tertiary/aromatic N) is 2. The fraction of sp³-hybridized carbons (Fsp3) is 0.750. The van der Waals surface area contributed by atoms with Crippen molar-refractivity contribution in [3.8, 4) is 0 Å². The molecule has 0 aromatic heterocycles. The molecule has 1 aliphatic carbocycles. The number of rotatable bonds is 4. The Labute approximate surface area is 123 Å². The Hall–Kier alpha value is -1.32. The van der Waals surface area contributed by atoms with Crippen molar-refractivity contribution in [3.05, 3.63) is 11.3 Å². The molecule has 0 aliphatic heterocycles. The third-order valence-electron chi connectivity index (χ3n) is 4.09. The highest BCUT2D eigenvalue weighted by molar-refractivity contribution is 5.87. The molecule has 0 bridgehead atoms. The zero-order valence-corrected chi connectivity index (χ0v) is 13.7. The zero-order valence-electron chi connectivity index (χ0n) is 13.7. The van der Waals surface area contributed by atoms with Gasteiger partial charge in [-0.15, -0.1) is 0 Å². The standard InChI is InChI=1S/C16H30N4/c1-6-18-16(20-15-10-8-7-9-11-15)19-14(4)12(2)13(3)17-5/h6,14-15,17H,7-11H2,1-5H3,(H,19,20)/b13-12+,18-6?. The van der Waals surface area contributed by atoms with Gasteiger partial charge in [0.05, 0.1) is 6.04 Å². The lowest BCUT2D eigenvalue weighted by Gasteiger charge is -2.21. The van der Waals surface area contributed by atoms with Crippen LogP contribution >= 0.6 is 0 Å². The highest BCUT2D eigenvalue weighted by Crippen LogP contribution is 2.20. The van der Waals surface area contributed by atoms with Gasteiger partial charge in [-0.3, -0.25) is 0 Å². The Morgan fingerprint density at radius 2 is 1.85 bits per heavy atom. The van der Waals surface area contributed by atoms with E-state index in [9.17, 15) is 0 Å². The van der Waals surface area contributed by atoms with E-state index < -0.39 is 0 Å². The largest absolute Gasteiger partial charge is 0.392 e. The van der Waals surface area contributed by atoms with E-state index in [0.29, 0.717) is 6.04 Å². The molecule has 0 aromatic carbocycles. The molecular formula is C16H30N4. The normalized spacial score (nSPS) is 20.8. The minimum atomic E-state index is 0.230. The molecule has 4 heteroatoms. The SMILES string of the molecule is CC=NC(=NC1CCCCC1)NC(C)/C(C)=C(\C)NC. The van der Waals surface area contributed by atoms with Gasteiger partial charge in [0.25, 0.3) is 0 Å². The van der Waals surface area contributed by atoms with Crippen molar-refractivity contribution in [2.75, 3.05) is 7.05 Å². The molecule has 0 spiro atoms. The Kier molecular flexibility index (Phi) is 7.34. The predicted molar refractivity (Wildman–Crippen MR) is 88.5 cm³/mol. The highest BCUT2D eigenvalue weighted by Gasteiger charge is 2.14. The van der Waals surface area contributed by atoms with Gasteiger partial charge in [0.1, 0.15) is 0 Å². The average Bonchev–Trinajstić information content (AvgIpc) is 2.46. The second kappa shape index (κ2) is 8.77. The van der Waals surface area contributed by atoms with Gasteiger partial charge < -0.3 is 10.6 Å². The molecule has 0 aromatic rings. The summed E-state index contributed by atoms with van der Waals surface area (Å²) in [5, 5.41) is 6.63. The minimum absolute atomic E-state index is 0.230. The van der Waals surface area contributed by atoms with Gasteiger partial charge in [-0.05, 0) is 46.1 Å². The van der Waals surface area contributed by atoms with Crippen LogP contribution in [0.4, 0.5) is 0 Å². The number of nitrogens with one attached hydrogen (secondary N) is 2. The molecular weight excluding hydrogens is 248 g/mol. The number of allylic oxidation sites excluding steroid dienone is 1. The first-order chi connectivity index (χ1) is 9.58. The van der Waals surface area contributed by atoms with E-state index >= 15 is 0 Å². The van der Waals surface area contributed by atoms with Gasteiger partial charge in [-0.1, -0.05) is 19.3 Å². The molecule has 114 valence electrons. The molecule has 0 amide bonds. The van der Waals surface area contributed by atoms with E-state index in [0.717, 1.165) is 5.96 Å². The summed E-state index contributed by atoms with van der Waals surface area (Å²) in [5.41, 5.74) is 2.48. The molecule has 1 fully saturated rings. The van der Waals surface area contributed by atoms with Gasteiger partial charge in [0.15, 0.2) is 0 Å². The van der Waals surface area contributed by atoms with Crippen LogP contribution in [0.5, 0.6) is 0 Å². The van der Waals surface area contributed by atoms with Gasteiger partial charge in [-0.2, -0.15) is 0 Å². The van der Waals surface area contributed by atoms with Crippen molar-refractivity contribution < 1.29 is 0 Å². The number of guanidine groups is 1. The van der Waals surface area contributed by atoms with E-state index in [4.69, 9.17) is 4.99 Å². The maximum absolute atomic E-state index is 4.80. The van der Waals surface area contributed by atoms with Crippen molar-refractivity contribution in [2.24, 2.45) is 9.98 Å². The lowest BCUT2D eigenvalue weighted by Crippen LogP contribution is -2.34. The smallest absolute Gasteiger partial charge is 0.218 e. The van der Waals surface area contributed by atoms with Crippen LogP contribution in [-0.2, 0) is 0 Å². The van der Waals surface area contributed by atoms with Crippen LogP contribution in [0.1, 0.15) is 59.8 Å². The maximum Gasteiger partial charge on any atom is 0.218 e. The zero-order chi connectivity index (χ0) is 15.0. The van der Waals surface area contributed by atoms with Crippen molar-refractivity contribution >= 4 is 12.2 Å². The van der Waals surface area contributed by atoms with E-state index in [1.807, 2.05) is 20.2 Å². The Balaban J connectivity index is 2.73. The molecule has 1 atom stereocenters. The highest BCUT2D eigenvalue weighted by atomic mass is 15.1. The van der Waals surface area contributed by atoms with Gasteiger partial charge in [0, 0.05) is 25.0 Å². The van der Waals surface area contributed by atoms with Crippen molar-refractivity contribution in [1.29, 1.82) is 0 Å². The van der Waals surface area contributed by atoms with E-state index in [1.165, 1.54) is 43.4 Å². The molecule has 0 radical (unpaired) electrons. The summed E-state index contributed by atoms with van der Waals surface area (Å²) in [6.07, 6.45) is 8.15. The van der Waals surface area contributed by atoms with Crippen molar-refractivity contribution in [3.63, 3.8) is 0 Å². The van der Waals surface area contributed by atoms with Crippen LogP contribution in [0.3, 0.4) is 0 Å². The van der Waals surface area contributed by atoms with Crippen molar-refractivity contribution in [2.45, 2.75) is 71.9 Å². The van der Waals surface area contributed by atoms with Crippen LogP contribution < -0.4 is 10.6 Å². The Morgan fingerprint density at radius 3 is 2.40 bits per heavy atom. The first kappa shape index (κ1) is 16.7. The third-order valence-corrected chi connectivity index (χ3v) is 4.09. The van der Waals surface area contributed by atoms with Crippen LogP contribution in [0.2, 0.25) is 0 Å². The molecule has 0 heterocycles. The van der Waals surface area contributed by atoms with Crippen LogP contribution in [-0.4, -0.2) is 31.3 Å². The summed E-state index contributed by atoms with van der Waals surface area (Å²) in [7, 11) is 1.95. The van der Waals surface area contributed by atoms with Crippen LogP contribution in [0.15, 0.2) is 21.3 Å². The topological polar surface area (TPSA) is 48.8 Å². The number of hydrogen-bond donors (Lipinski definition) is 2. The molecule has 1 saturated carbocycles. The second-order valence-corrected chi connectivity index (χ2v) is 5.56. The quantitative estimate of drug-likeness (QED) is 0.612. The molecule has 4 nitrogen and oxygen atoms in total. The summed E-state index contributed by atoms with van der Waals surface area (Å²) < 4.78 is 0. The molecule has 1 aliphatic rings. The molecule has 1 rings (SSSR count). The maximum atomic E-state index is 4.80. The van der Waals surface area contributed by atoms with Gasteiger partial charge in [-0.25, -0.2) is 9.98 Å². The molecule has 0 saturated heterocycles. The third kappa shape index (κ3) is 5.35. The lowest BCUT2D eigenvalue weighted by molar-refractivity contribution is 0.441. The monoisotopic (exact) mass is 278 g/mol. The van der Waals surface area contributed by atoms with Crippen LogP contribution in [0.25, 0.3) is 0 Å². The Morgan fingerprint density at radius 1 is 1.20 bits per heavy atom. The van der Waals surface area contributed by atoms with E-state index in [1.54, 1.807) is 0 Å². The number of hydrogen-bond acceptors (Lipinski definition) is 2. The molecule has 2 N–H and O–H groups in total. The van der Waals surface area contributed by atoms with Gasteiger partial charge >= 0.3 is 0 Å². The van der Waals surface area contributed by atoms with Crippen molar-refractivity contribution in [1.82, 2.24) is 10.6 Å². The van der Waals surface area contributed by atoms with Gasteiger partial charge in [0.2, 0.25) is 5.96 Å². The predicted octanol–water partition coefficient (Wildman–Crippen LogP) is 3.26. The van der Waals surface area contributed by atoms with Crippen LogP contribution in [0, 0.1) is 0 Å². The summed E-state index contributed by atoms with van der Waals surface area (Å²) in [4.78, 5) is 9.19. The van der Waals surface area contributed by atoms with E-state index in [-0.39, 0.29) is 6.04 Å². The second-order valence-electron chi connectivity index (χ2n) is 5.56.